The monoisotopic (exact) mass is 274 g/mol. The van der Waals surface area contributed by atoms with Crippen LogP contribution in [-0.2, 0) is 16.6 Å². The number of nitrogens with two attached hydrogens (primary N) is 1. The normalized spacial score (nSPS) is 12.2. The van der Waals surface area contributed by atoms with Gasteiger partial charge >= 0.3 is 0 Å². The van der Waals surface area contributed by atoms with Gasteiger partial charge in [0.25, 0.3) is 0 Å². The lowest BCUT2D eigenvalue weighted by Crippen LogP contribution is -2.24. The summed E-state index contributed by atoms with van der Waals surface area (Å²) in [5, 5.41) is 3.95. The molecule has 104 valence electrons. The van der Waals surface area contributed by atoms with E-state index >= 15 is 0 Å². The Hall–Kier alpha value is -0.920. The third-order valence-corrected chi connectivity index (χ3v) is 3.94. The molecule has 7 heteroatoms. The van der Waals surface area contributed by atoms with E-state index < -0.39 is 10.0 Å². The fourth-order valence-electron chi connectivity index (χ4n) is 1.54. The van der Waals surface area contributed by atoms with Crippen LogP contribution in [0.15, 0.2) is 17.3 Å². The Labute approximate surface area is 109 Å². The molecule has 18 heavy (non-hydrogen) atoms. The molecule has 0 aliphatic rings. The maximum absolute atomic E-state index is 11.9. The van der Waals surface area contributed by atoms with Crippen molar-refractivity contribution in [2.75, 3.05) is 13.1 Å². The summed E-state index contributed by atoms with van der Waals surface area (Å²) in [6.07, 6.45) is 4.70. The van der Waals surface area contributed by atoms with Crippen molar-refractivity contribution in [3.8, 4) is 0 Å². The lowest BCUT2D eigenvalue weighted by atomic mass is 10.1. The highest BCUT2D eigenvalue weighted by Gasteiger charge is 2.15. The van der Waals surface area contributed by atoms with Gasteiger partial charge in [0.05, 0.1) is 12.7 Å². The van der Waals surface area contributed by atoms with Crippen LogP contribution in [0.1, 0.15) is 26.7 Å². The first-order chi connectivity index (χ1) is 8.45. The van der Waals surface area contributed by atoms with Gasteiger partial charge in [-0.3, -0.25) is 4.68 Å². The highest BCUT2D eigenvalue weighted by atomic mass is 32.2. The zero-order valence-corrected chi connectivity index (χ0v) is 11.8. The van der Waals surface area contributed by atoms with Crippen LogP contribution >= 0.6 is 0 Å². The van der Waals surface area contributed by atoms with E-state index in [1.165, 1.54) is 17.1 Å². The van der Waals surface area contributed by atoms with Crippen LogP contribution in [-0.4, -0.2) is 31.3 Å². The van der Waals surface area contributed by atoms with Gasteiger partial charge in [0.15, 0.2) is 0 Å². The van der Waals surface area contributed by atoms with Gasteiger partial charge in [-0.05, 0) is 18.8 Å². The Morgan fingerprint density at radius 2 is 2.22 bits per heavy atom. The summed E-state index contributed by atoms with van der Waals surface area (Å²) < 4.78 is 27.9. The predicted molar refractivity (Wildman–Crippen MR) is 70.5 cm³/mol. The summed E-state index contributed by atoms with van der Waals surface area (Å²) in [6.45, 7) is 5.64. The van der Waals surface area contributed by atoms with Crippen molar-refractivity contribution in [2.45, 2.75) is 38.1 Å². The van der Waals surface area contributed by atoms with Crippen LogP contribution in [0, 0.1) is 5.92 Å². The van der Waals surface area contributed by atoms with Crippen molar-refractivity contribution < 1.29 is 8.42 Å². The molecule has 0 unspecified atom stereocenters. The lowest BCUT2D eigenvalue weighted by Gasteiger charge is -2.06. The van der Waals surface area contributed by atoms with Crippen molar-refractivity contribution in [2.24, 2.45) is 11.7 Å². The molecule has 1 aromatic heterocycles. The van der Waals surface area contributed by atoms with Gasteiger partial charge < -0.3 is 5.73 Å². The summed E-state index contributed by atoms with van der Waals surface area (Å²) in [5.74, 6) is 0.585. The van der Waals surface area contributed by atoms with Crippen LogP contribution in [0.4, 0.5) is 0 Å². The number of nitrogens with zero attached hydrogens (tertiary/aromatic N) is 2. The molecular weight excluding hydrogens is 252 g/mol. The smallest absolute Gasteiger partial charge is 0.243 e. The van der Waals surface area contributed by atoms with Crippen molar-refractivity contribution in [1.82, 2.24) is 14.5 Å². The molecular formula is C11H22N4O2S. The van der Waals surface area contributed by atoms with Crippen molar-refractivity contribution in [3.05, 3.63) is 12.4 Å². The highest BCUT2D eigenvalue weighted by molar-refractivity contribution is 7.89. The molecule has 0 aromatic carbocycles. The zero-order chi connectivity index (χ0) is 13.6. The molecule has 0 aliphatic heterocycles. The molecule has 0 saturated carbocycles. The first-order valence-corrected chi connectivity index (χ1v) is 7.66. The fraction of sp³-hybridized carbons (Fsp3) is 0.727. The van der Waals surface area contributed by atoms with E-state index in [0.717, 1.165) is 12.8 Å². The molecule has 0 atom stereocenters. The second kappa shape index (κ2) is 6.86. The van der Waals surface area contributed by atoms with Crippen LogP contribution in [0.5, 0.6) is 0 Å². The van der Waals surface area contributed by atoms with E-state index in [0.29, 0.717) is 25.6 Å². The van der Waals surface area contributed by atoms with Crippen molar-refractivity contribution in [1.29, 1.82) is 0 Å². The van der Waals surface area contributed by atoms with Crippen LogP contribution in [0.3, 0.4) is 0 Å². The average Bonchev–Trinajstić information content (AvgIpc) is 2.74. The Balaban J connectivity index is 2.51. The molecule has 1 heterocycles. The Bertz CT molecular complexity index is 453. The minimum Gasteiger partial charge on any atom is -0.329 e. The predicted octanol–water partition coefficient (Wildman–Crippen LogP) is 0.556. The van der Waals surface area contributed by atoms with E-state index in [4.69, 9.17) is 5.73 Å². The van der Waals surface area contributed by atoms with Crippen molar-refractivity contribution in [3.63, 3.8) is 0 Å². The van der Waals surface area contributed by atoms with Crippen molar-refractivity contribution >= 4 is 10.0 Å². The first-order valence-electron chi connectivity index (χ1n) is 6.18. The summed E-state index contributed by atoms with van der Waals surface area (Å²) in [4.78, 5) is 0.195. The summed E-state index contributed by atoms with van der Waals surface area (Å²) in [5.41, 5.74) is 5.38. The third-order valence-electron chi connectivity index (χ3n) is 2.53. The summed E-state index contributed by atoms with van der Waals surface area (Å²) in [6, 6.07) is 0. The molecule has 3 N–H and O–H groups in total. The van der Waals surface area contributed by atoms with Gasteiger partial charge in [0, 0.05) is 19.3 Å². The molecule has 6 nitrogen and oxygen atoms in total. The Morgan fingerprint density at radius 3 is 2.83 bits per heavy atom. The second-order valence-electron chi connectivity index (χ2n) is 4.66. The van der Waals surface area contributed by atoms with Crippen LogP contribution < -0.4 is 10.5 Å². The summed E-state index contributed by atoms with van der Waals surface area (Å²) in [7, 11) is -3.43. The first kappa shape index (κ1) is 15.1. The largest absolute Gasteiger partial charge is 0.329 e. The van der Waals surface area contributed by atoms with Gasteiger partial charge in [0.1, 0.15) is 4.90 Å². The highest BCUT2D eigenvalue weighted by Crippen LogP contribution is 2.08. The Kier molecular flexibility index (Phi) is 5.77. The topological polar surface area (TPSA) is 90.0 Å². The molecule has 0 aliphatic carbocycles. The molecule has 0 saturated heterocycles. The molecule has 0 amide bonds. The minimum absolute atomic E-state index is 0.195. The molecule has 1 rings (SSSR count). The Morgan fingerprint density at radius 1 is 1.50 bits per heavy atom. The maximum Gasteiger partial charge on any atom is 0.243 e. The van der Waals surface area contributed by atoms with E-state index in [1.807, 2.05) is 0 Å². The van der Waals surface area contributed by atoms with Gasteiger partial charge in [-0.1, -0.05) is 13.8 Å². The third kappa shape index (κ3) is 4.75. The average molecular weight is 274 g/mol. The van der Waals surface area contributed by atoms with E-state index in [1.54, 1.807) is 0 Å². The van der Waals surface area contributed by atoms with Gasteiger partial charge in [0.2, 0.25) is 10.0 Å². The van der Waals surface area contributed by atoms with Gasteiger partial charge in [-0.15, -0.1) is 0 Å². The molecule has 0 radical (unpaired) electrons. The lowest BCUT2D eigenvalue weighted by molar-refractivity contribution is 0.539. The molecule has 0 fully saturated rings. The SMILES string of the molecule is CC(C)CCCNS(=O)(=O)c1cnn(CCN)c1. The standard InChI is InChI=1S/C11H22N4O2S/c1-10(2)4-3-6-14-18(16,17)11-8-13-15(9-11)7-5-12/h8-10,14H,3-7,12H2,1-2H3. The molecule has 1 aromatic rings. The minimum atomic E-state index is -3.43. The van der Waals surface area contributed by atoms with Crippen LogP contribution in [0.2, 0.25) is 0 Å². The number of aromatic nitrogens is 2. The molecule has 0 bridgehead atoms. The quantitative estimate of drug-likeness (QED) is 0.678. The van der Waals surface area contributed by atoms with E-state index in [2.05, 4.69) is 23.7 Å². The fourth-order valence-corrected chi connectivity index (χ4v) is 2.56. The molecule has 0 spiro atoms. The van der Waals surface area contributed by atoms with E-state index in [-0.39, 0.29) is 4.90 Å². The maximum atomic E-state index is 11.9. The van der Waals surface area contributed by atoms with Gasteiger partial charge in [-0.2, -0.15) is 5.10 Å². The number of hydrogen-bond donors (Lipinski definition) is 2. The number of nitrogens with one attached hydrogen (secondary N) is 1. The second-order valence-corrected chi connectivity index (χ2v) is 6.43. The zero-order valence-electron chi connectivity index (χ0n) is 11.0. The van der Waals surface area contributed by atoms with Gasteiger partial charge in [-0.25, -0.2) is 13.1 Å². The summed E-state index contributed by atoms with van der Waals surface area (Å²) >= 11 is 0. The number of sulfonamides is 1. The number of hydrogen-bond acceptors (Lipinski definition) is 4. The van der Waals surface area contributed by atoms with E-state index in [9.17, 15) is 8.42 Å². The van der Waals surface area contributed by atoms with Crippen LogP contribution in [0.25, 0.3) is 0 Å². The number of rotatable bonds is 8.